The Kier molecular flexibility index (Phi) is 3.94. The molecule has 1 aromatic heterocycles. The maximum Gasteiger partial charge on any atom is 0.357 e. The molecule has 0 unspecified atom stereocenters. The van der Waals surface area contributed by atoms with E-state index in [1.165, 1.54) is 11.3 Å². The van der Waals surface area contributed by atoms with Crippen LogP contribution in [0.25, 0.3) is 10.6 Å². The van der Waals surface area contributed by atoms with Crippen molar-refractivity contribution >= 4 is 17.3 Å². The quantitative estimate of drug-likeness (QED) is 0.796. The first kappa shape index (κ1) is 12.6. The molecule has 2 aromatic rings. The van der Waals surface area contributed by atoms with Gasteiger partial charge in [0.1, 0.15) is 10.8 Å². The monoisotopic (exact) mass is 263 g/mol. The molecule has 0 aliphatic heterocycles. The second-order valence-corrected chi connectivity index (χ2v) is 4.34. The predicted octanol–water partition coefficient (Wildman–Crippen LogP) is 3.00. The average Bonchev–Trinajstić information content (AvgIpc) is 2.89. The summed E-state index contributed by atoms with van der Waals surface area (Å²) < 4.78 is 9.99. The Morgan fingerprint density at radius 1 is 1.33 bits per heavy atom. The molecular weight excluding hydrogens is 250 g/mol. The maximum absolute atomic E-state index is 11.5. The Labute approximate surface area is 109 Å². The highest BCUT2D eigenvalue weighted by Gasteiger charge is 2.12. The van der Waals surface area contributed by atoms with Crippen LogP contribution in [-0.4, -0.2) is 24.7 Å². The summed E-state index contributed by atoms with van der Waals surface area (Å²) in [5, 5.41) is 2.50. The van der Waals surface area contributed by atoms with Gasteiger partial charge in [-0.15, -0.1) is 11.3 Å². The molecule has 2 rings (SSSR count). The molecule has 18 heavy (non-hydrogen) atoms. The lowest BCUT2D eigenvalue weighted by molar-refractivity contribution is 0.0520. The van der Waals surface area contributed by atoms with Crippen LogP contribution < -0.4 is 4.74 Å². The van der Waals surface area contributed by atoms with E-state index in [-0.39, 0.29) is 5.97 Å². The normalized spacial score (nSPS) is 10.1. The van der Waals surface area contributed by atoms with Crippen molar-refractivity contribution in [3.63, 3.8) is 0 Å². The van der Waals surface area contributed by atoms with E-state index >= 15 is 0 Å². The Bertz CT molecular complexity index is 533. The predicted molar refractivity (Wildman–Crippen MR) is 70.1 cm³/mol. The van der Waals surface area contributed by atoms with Crippen LogP contribution in [0.1, 0.15) is 17.4 Å². The van der Waals surface area contributed by atoms with Gasteiger partial charge in [-0.2, -0.15) is 0 Å². The van der Waals surface area contributed by atoms with Gasteiger partial charge in [0.2, 0.25) is 0 Å². The molecule has 0 saturated carbocycles. The molecule has 0 aliphatic rings. The molecule has 0 saturated heterocycles. The van der Waals surface area contributed by atoms with Gasteiger partial charge in [-0.25, -0.2) is 9.78 Å². The van der Waals surface area contributed by atoms with Gasteiger partial charge in [0.15, 0.2) is 5.69 Å². The van der Waals surface area contributed by atoms with Gasteiger partial charge in [-0.1, -0.05) is 0 Å². The SMILES string of the molecule is CCOC(=O)c1csc(-c2ccc(OC)cc2)n1. The molecule has 0 bridgehead atoms. The number of ether oxygens (including phenoxy) is 2. The van der Waals surface area contributed by atoms with E-state index in [4.69, 9.17) is 9.47 Å². The van der Waals surface area contributed by atoms with Crippen molar-refractivity contribution < 1.29 is 14.3 Å². The van der Waals surface area contributed by atoms with Crippen molar-refractivity contribution in [3.05, 3.63) is 35.3 Å². The third-order valence-corrected chi connectivity index (χ3v) is 3.22. The van der Waals surface area contributed by atoms with Crippen molar-refractivity contribution in [2.24, 2.45) is 0 Å². The maximum atomic E-state index is 11.5. The van der Waals surface area contributed by atoms with Crippen molar-refractivity contribution in [1.82, 2.24) is 4.98 Å². The third-order valence-electron chi connectivity index (χ3n) is 2.33. The number of esters is 1. The van der Waals surface area contributed by atoms with Gasteiger partial charge >= 0.3 is 5.97 Å². The molecule has 0 radical (unpaired) electrons. The van der Waals surface area contributed by atoms with Crippen LogP contribution in [0.4, 0.5) is 0 Å². The lowest BCUT2D eigenvalue weighted by atomic mass is 10.2. The molecule has 0 atom stereocenters. The minimum Gasteiger partial charge on any atom is -0.497 e. The topological polar surface area (TPSA) is 48.4 Å². The molecule has 0 N–H and O–H groups in total. The van der Waals surface area contributed by atoms with E-state index in [9.17, 15) is 4.79 Å². The number of carbonyl (C=O) groups is 1. The van der Waals surface area contributed by atoms with Gasteiger partial charge in [0, 0.05) is 10.9 Å². The number of hydrogen-bond acceptors (Lipinski definition) is 5. The Hall–Kier alpha value is -1.88. The summed E-state index contributed by atoms with van der Waals surface area (Å²) in [4.78, 5) is 15.7. The summed E-state index contributed by atoms with van der Waals surface area (Å²) in [5.41, 5.74) is 1.31. The van der Waals surface area contributed by atoms with Crippen LogP contribution in [0, 0.1) is 0 Å². The molecule has 4 nitrogen and oxygen atoms in total. The van der Waals surface area contributed by atoms with Crippen molar-refractivity contribution in [1.29, 1.82) is 0 Å². The van der Waals surface area contributed by atoms with E-state index in [1.54, 1.807) is 19.4 Å². The molecule has 0 fully saturated rings. The first-order valence-corrected chi connectivity index (χ1v) is 6.39. The van der Waals surface area contributed by atoms with E-state index in [0.717, 1.165) is 16.3 Å². The molecule has 0 spiro atoms. The second-order valence-electron chi connectivity index (χ2n) is 3.49. The fraction of sp³-hybridized carbons (Fsp3) is 0.231. The highest BCUT2D eigenvalue weighted by Crippen LogP contribution is 2.25. The zero-order valence-corrected chi connectivity index (χ0v) is 11.0. The summed E-state index contributed by atoms with van der Waals surface area (Å²) in [6.45, 7) is 2.13. The smallest absolute Gasteiger partial charge is 0.357 e. The second kappa shape index (κ2) is 5.64. The van der Waals surface area contributed by atoms with E-state index < -0.39 is 0 Å². The van der Waals surface area contributed by atoms with Gasteiger partial charge < -0.3 is 9.47 Å². The summed E-state index contributed by atoms with van der Waals surface area (Å²) in [5.74, 6) is 0.412. The molecule has 0 aliphatic carbocycles. The Balaban J connectivity index is 2.20. The number of carbonyl (C=O) groups excluding carboxylic acids is 1. The van der Waals surface area contributed by atoms with Gasteiger partial charge in [-0.3, -0.25) is 0 Å². The third kappa shape index (κ3) is 2.68. The Morgan fingerprint density at radius 3 is 2.67 bits per heavy atom. The lowest BCUT2D eigenvalue weighted by Gasteiger charge is -2.00. The number of nitrogens with zero attached hydrogens (tertiary/aromatic N) is 1. The van der Waals surface area contributed by atoms with Crippen LogP contribution in [0.2, 0.25) is 0 Å². The zero-order valence-electron chi connectivity index (χ0n) is 10.2. The first-order chi connectivity index (χ1) is 8.74. The number of aromatic nitrogens is 1. The highest BCUT2D eigenvalue weighted by atomic mass is 32.1. The summed E-state index contributed by atoms with van der Waals surface area (Å²) in [6, 6.07) is 7.54. The van der Waals surface area contributed by atoms with Gasteiger partial charge in [-0.05, 0) is 31.2 Å². The van der Waals surface area contributed by atoms with Crippen LogP contribution in [0.5, 0.6) is 5.75 Å². The number of benzene rings is 1. The average molecular weight is 263 g/mol. The largest absolute Gasteiger partial charge is 0.497 e. The molecule has 0 amide bonds. The molecule has 94 valence electrons. The van der Waals surface area contributed by atoms with E-state index in [1.807, 2.05) is 24.3 Å². The number of hydrogen-bond donors (Lipinski definition) is 0. The van der Waals surface area contributed by atoms with Crippen LogP contribution in [0.15, 0.2) is 29.6 Å². The van der Waals surface area contributed by atoms with Crippen molar-refractivity contribution in [3.8, 4) is 16.3 Å². The number of methoxy groups -OCH3 is 1. The van der Waals surface area contributed by atoms with E-state index in [0.29, 0.717) is 12.3 Å². The summed E-state index contributed by atoms with van der Waals surface area (Å²) >= 11 is 1.42. The zero-order chi connectivity index (χ0) is 13.0. The lowest BCUT2D eigenvalue weighted by Crippen LogP contribution is -2.04. The molecular formula is C13H13NO3S. The minimum absolute atomic E-state index is 0.354. The van der Waals surface area contributed by atoms with Gasteiger partial charge in [0.25, 0.3) is 0 Å². The molecule has 1 aromatic carbocycles. The summed E-state index contributed by atoms with van der Waals surface area (Å²) in [6.07, 6.45) is 0. The van der Waals surface area contributed by atoms with Gasteiger partial charge in [0.05, 0.1) is 13.7 Å². The fourth-order valence-electron chi connectivity index (χ4n) is 1.44. The van der Waals surface area contributed by atoms with E-state index in [2.05, 4.69) is 4.98 Å². The molecule has 1 heterocycles. The summed E-state index contributed by atoms with van der Waals surface area (Å²) in [7, 11) is 1.62. The number of thiazole rings is 1. The fourth-order valence-corrected chi connectivity index (χ4v) is 2.23. The van der Waals surface area contributed by atoms with Crippen LogP contribution in [-0.2, 0) is 4.74 Å². The number of rotatable bonds is 4. The van der Waals surface area contributed by atoms with Crippen molar-refractivity contribution in [2.75, 3.05) is 13.7 Å². The standard InChI is InChI=1S/C13H13NO3S/c1-3-17-13(15)11-8-18-12(14-11)9-4-6-10(16-2)7-5-9/h4-8H,3H2,1-2H3. The first-order valence-electron chi connectivity index (χ1n) is 5.51. The van der Waals surface area contributed by atoms with Crippen molar-refractivity contribution in [2.45, 2.75) is 6.92 Å². The van der Waals surface area contributed by atoms with Crippen LogP contribution in [0.3, 0.4) is 0 Å². The highest BCUT2D eigenvalue weighted by molar-refractivity contribution is 7.13. The van der Waals surface area contributed by atoms with Crippen LogP contribution >= 0.6 is 11.3 Å². The molecule has 5 heteroatoms. The minimum atomic E-state index is -0.381. The Morgan fingerprint density at radius 2 is 2.06 bits per heavy atom.